The molecule has 0 bridgehead atoms. The Hall–Kier alpha value is -1.55. The fourth-order valence-electron chi connectivity index (χ4n) is 2.24. The third-order valence-electron chi connectivity index (χ3n) is 3.65. The summed E-state index contributed by atoms with van der Waals surface area (Å²) in [5.74, 6) is 0.707. The molecule has 122 valence electrons. The first-order valence-corrected chi connectivity index (χ1v) is 8.31. The molecule has 1 atom stereocenters. The van der Waals surface area contributed by atoms with E-state index in [1.165, 1.54) is 26.4 Å². The van der Waals surface area contributed by atoms with Crippen LogP contribution in [0.5, 0.6) is 5.75 Å². The van der Waals surface area contributed by atoms with Gasteiger partial charge in [-0.15, -0.1) is 0 Å². The van der Waals surface area contributed by atoms with Gasteiger partial charge >= 0.3 is 5.97 Å². The lowest BCUT2D eigenvalue weighted by molar-refractivity contribution is -0.140. The van der Waals surface area contributed by atoms with Crippen molar-refractivity contribution in [2.75, 3.05) is 20.2 Å². The highest BCUT2D eigenvalue weighted by molar-refractivity contribution is 5.69. The van der Waals surface area contributed by atoms with E-state index in [4.69, 9.17) is 4.74 Å². The van der Waals surface area contributed by atoms with E-state index >= 15 is 0 Å². The van der Waals surface area contributed by atoms with E-state index < -0.39 is 0 Å². The molecular weight excluding hydrogens is 278 g/mol. The zero-order chi connectivity index (χ0) is 15.6. The Morgan fingerprint density at radius 2 is 2.09 bits per heavy atom. The van der Waals surface area contributed by atoms with Crippen LogP contribution in [-0.4, -0.2) is 32.3 Å². The van der Waals surface area contributed by atoms with Gasteiger partial charge in [-0.05, 0) is 43.5 Å². The van der Waals surface area contributed by atoms with E-state index in [0.717, 1.165) is 37.2 Å². The van der Waals surface area contributed by atoms with Crippen molar-refractivity contribution in [1.82, 2.24) is 5.32 Å². The summed E-state index contributed by atoms with van der Waals surface area (Å²) in [5, 5.41) is 3.33. The Balaban J connectivity index is 0.000000523. The summed E-state index contributed by atoms with van der Waals surface area (Å²) in [6.45, 7) is 1.99. The van der Waals surface area contributed by atoms with Crippen LogP contribution in [0.4, 0.5) is 0 Å². The molecule has 1 aliphatic heterocycles. The van der Waals surface area contributed by atoms with E-state index in [0.29, 0.717) is 12.8 Å². The Labute approximate surface area is 133 Å². The minimum Gasteiger partial charge on any atom is -0.489 e. The summed E-state index contributed by atoms with van der Waals surface area (Å²) < 4.78 is 10.6. The van der Waals surface area contributed by atoms with Gasteiger partial charge in [0.1, 0.15) is 11.9 Å². The first-order chi connectivity index (χ1) is 10.8. The number of carbonyl (C=O) groups excluding carboxylic acids is 1. The number of carbonyl (C=O) groups is 1. The highest BCUT2D eigenvalue weighted by Gasteiger charge is 2.14. The van der Waals surface area contributed by atoms with Crippen molar-refractivity contribution in [3.8, 4) is 5.75 Å². The minimum absolute atomic E-state index is 0.178. The SMILES string of the molecule is C1CC1.COC(=O)CCc1cccc(OC2CCCNC2)c1. The average molecular weight is 305 g/mol. The molecular formula is C18H27NO3. The van der Waals surface area contributed by atoms with Crippen molar-refractivity contribution >= 4 is 5.97 Å². The van der Waals surface area contributed by atoms with Crippen LogP contribution in [0, 0.1) is 0 Å². The molecule has 0 amide bonds. The molecule has 1 aromatic carbocycles. The van der Waals surface area contributed by atoms with Gasteiger partial charge < -0.3 is 14.8 Å². The fraction of sp³-hybridized carbons (Fsp3) is 0.611. The predicted octanol–water partition coefficient (Wildman–Crippen LogP) is 3.09. The number of ether oxygens (including phenoxy) is 2. The van der Waals surface area contributed by atoms with Crippen molar-refractivity contribution in [3.05, 3.63) is 29.8 Å². The number of benzene rings is 1. The predicted molar refractivity (Wildman–Crippen MR) is 87.1 cm³/mol. The molecule has 1 heterocycles. The first kappa shape index (κ1) is 16.8. The zero-order valence-corrected chi connectivity index (χ0v) is 13.5. The van der Waals surface area contributed by atoms with Crippen LogP contribution in [0.1, 0.15) is 44.1 Å². The topological polar surface area (TPSA) is 47.6 Å². The van der Waals surface area contributed by atoms with Gasteiger partial charge in [0.2, 0.25) is 0 Å². The lowest BCUT2D eigenvalue weighted by atomic mass is 10.1. The second-order valence-corrected chi connectivity index (χ2v) is 5.87. The quantitative estimate of drug-likeness (QED) is 0.849. The van der Waals surface area contributed by atoms with Crippen molar-refractivity contribution in [3.63, 3.8) is 0 Å². The molecule has 1 saturated carbocycles. The van der Waals surface area contributed by atoms with Crippen molar-refractivity contribution in [2.45, 2.75) is 51.0 Å². The number of aryl methyl sites for hydroxylation is 1. The normalized spacial score (nSPS) is 19.6. The summed E-state index contributed by atoms with van der Waals surface area (Å²) in [7, 11) is 1.41. The lowest BCUT2D eigenvalue weighted by Gasteiger charge is -2.24. The minimum atomic E-state index is -0.178. The summed E-state index contributed by atoms with van der Waals surface area (Å²) in [5.41, 5.74) is 1.10. The molecule has 1 saturated heterocycles. The zero-order valence-electron chi connectivity index (χ0n) is 13.5. The fourth-order valence-corrected chi connectivity index (χ4v) is 2.24. The van der Waals surface area contributed by atoms with Crippen LogP contribution < -0.4 is 10.1 Å². The number of rotatable bonds is 5. The van der Waals surface area contributed by atoms with Gasteiger partial charge in [-0.3, -0.25) is 4.79 Å². The molecule has 1 N–H and O–H groups in total. The van der Waals surface area contributed by atoms with E-state index in [1.807, 2.05) is 24.3 Å². The Bertz CT molecular complexity index is 451. The molecule has 2 fully saturated rings. The smallest absolute Gasteiger partial charge is 0.305 e. The molecule has 1 aromatic rings. The molecule has 3 rings (SSSR count). The Morgan fingerprint density at radius 3 is 2.73 bits per heavy atom. The van der Waals surface area contributed by atoms with Crippen LogP contribution >= 0.6 is 0 Å². The second-order valence-electron chi connectivity index (χ2n) is 5.87. The average Bonchev–Trinajstić information content (AvgIpc) is 3.43. The van der Waals surface area contributed by atoms with E-state index in [-0.39, 0.29) is 12.1 Å². The van der Waals surface area contributed by atoms with E-state index in [2.05, 4.69) is 10.1 Å². The maximum Gasteiger partial charge on any atom is 0.305 e. The van der Waals surface area contributed by atoms with Crippen LogP contribution in [0.2, 0.25) is 0 Å². The summed E-state index contributed by atoms with van der Waals surface area (Å²) in [6, 6.07) is 7.96. The number of piperidine rings is 1. The Kier molecular flexibility index (Phi) is 7.23. The number of hydrogen-bond acceptors (Lipinski definition) is 4. The molecule has 0 spiro atoms. The van der Waals surface area contributed by atoms with Crippen molar-refractivity contribution < 1.29 is 14.3 Å². The highest BCUT2D eigenvalue weighted by atomic mass is 16.5. The van der Waals surface area contributed by atoms with Gasteiger partial charge in [0.15, 0.2) is 0 Å². The molecule has 2 aliphatic rings. The van der Waals surface area contributed by atoms with Crippen molar-refractivity contribution in [1.29, 1.82) is 0 Å². The van der Waals surface area contributed by atoms with Crippen LogP contribution in [0.15, 0.2) is 24.3 Å². The second kappa shape index (κ2) is 9.46. The van der Waals surface area contributed by atoms with Crippen LogP contribution in [0.3, 0.4) is 0 Å². The molecule has 4 nitrogen and oxygen atoms in total. The molecule has 1 aliphatic carbocycles. The summed E-state index contributed by atoms with van der Waals surface area (Å²) >= 11 is 0. The molecule has 1 unspecified atom stereocenters. The molecule has 22 heavy (non-hydrogen) atoms. The maximum absolute atomic E-state index is 11.1. The lowest BCUT2D eigenvalue weighted by Crippen LogP contribution is -2.37. The third kappa shape index (κ3) is 6.94. The van der Waals surface area contributed by atoms with Crippen LogP contribution in [-0.2, 0) is 16.0 Å². The Morgan fingerprint density at radius 1 is 1.27 bits per heavy atom. The summed E-state index contributed by atoms with van der Waals surface area (Å²) in [6.07, 6.45) is 8.11. The monoisotopic (exact) mass is 305 g/mol. The standard InChI is InChI=1S/C15H21NO3.C3H6/c1-18-15(17)8-7-12-4-2-5-13(10-12)19-14-6-3-9-16-11-14;1-2-3-1/h2,4-5,10,14,16H,3,6-9,11H2,1H3;1-3H2. The number of methoxy groups -OCH3 is 1. The molecule has 4 heteroatoms. The largest absolute Gasteiger partial charge is 0.489 e. The molecule has 0 aromatic heterocycles. The maximum atomic E-state index is 11.1. The van der Waals surface area contributed by atoms with Gasteiger partial charge in [-0.25, -0.2) is 0 Å². The van der Waals surface area contributed by atoms with Gasteiger partial charge in [0, 0.05) is 13.0 Å². The van der Waals surface area contributed by atoms with Gasteiger partial charge in [-0.1, -0.05) is 31.4 Å². The summed E-state index contributed by atoms with van der Waals surface area (Å²) in [4.78, 5) is 11.1. The third-order valence-corrected chi connectivity index (χ3v) is 3.65. The highest BCUT2D eigenvalue weighted by Crippen LogP contribution is 2.18. The van der Waals surface area contributed by atoms with E-state index in [1.54, 1.807) is 0 Å². The van der Waals surface area contributed by atoms with Gasteiger partial charge in [-0.2, -0.15) is 0 Å². The number of hydrogen-bond donors (Lipinski definition) is 1. The van der Waals surface area contributed by atoms with Crippen molar-refractivity contribution in [2.24, 2.45) is 0 Å². The van der Waals surface area contributed by atoms with Crippen LogP contribution in [0.25, 0.3) is 0 Å². The van der Waals surface area contributed by atoms with Gasteiger partial charge in [0.05, 0.1) is 7.11 Å². The first-order valence-electron chi connectivity index (χ1n) is 8.31. The molecule has 0 radical (unpaired) electrons. The van der Waals surface area contributed by atoms with Gasteiger partial charge in [0.25, 0.3) is 0 Å². The van der Waals surface area contributed by atoms with E-state index in [9.17, 15) is 4.79 Å². The number of nitrogens with one attached hydrogen (secondary N) is 1. The number of esters is 1.